The third kappa shape index (κ3) is 6.48. The largest absolute Gasteiger partial charge is 0.496 e. The van der Waals surface area contributed by atoms with Crippen LogP contribution in [0.2, 0.25) is 0 Å². The fourth-order valence-corrected chi connectivity index (χ4v) is 6.74. The van der Waals surface area contributed by atoms with Crippen molar-refractivity contribution in [3.8, 4) is 16.9 Å². The number of ether oxygens (including phenoxy) is 1. The second-order valence-electron chi connectivity index (χ2n) is 12.4. The minimum Gasteiger partial charge on any atom is -0.496 e. The zero-order chi connectivity index (χ0) is 34.1. The van der Waals surface area contributed by atoms with Gasteiger partial charge in [0.2, 0.25) is 5.91 Å². The highest BCUT2D eigenvalue weighted by Crippen LogP contribution is 2.40. The molecule has 49 heavy (non-hydrogen) atoms. The van der Waals surface area contributed by atoms with Crippen LogP contribution in [0.1, 0.15) is 40.4 Å². The predicted molar refractivity (Wildman–Crippen MR) is 184 cm³/mol. The molecule has 7 rings (SSSR count). The highest BCUT2D eigenvalue weighted by Gasteiger charge is 2.28. The molecule has 13 heteroatoms. The average molecular weight is 664 g/mol. The summed E-state index contributed by atoms with van der Waals surface area (Å²) in [4.78, 5) is 44.9. The van der Waals surface area contributed by atoms with Crippen LogP contribution in [0.25, 0.3) is 27.6 Å². The molecule has 0 atom stereocenters. The van der Waals surface area contributed by atoms with Crippen LogP contribution in [0, 0.1) is 19.7 Å². The standard InChI is InChI=1S/C36H38FN9O3/c1-23-19-32(40-24(2)39-23)43-15-17-44(18-16-43)36(48)30-21-29-28(26-8-4-5-9-31(26)49-3)20-27(34(37)35(29)41-30)25-7-6-12-45(22-25)33(47)10-13-46-14-11-38-42-46/h4-5,7-9,11,14,19-21,41H,6,10,12-13,15-18,22H2,1-3H3. The van der Waals surface area contributed by atoms with E-state index in [1.54, 1.807) is 40.1 Å². The summed E-state index contributed by atoms with van der Waals surface area (Å²) in [5.74, 6) is 1.50. The van der Waals surface area contributed by atoms with Crippen LogP contribution in [0.5, 0.6) is 5.75 Å². The number of fused-ring (bicyclic) bond motifs is 1. The van der Waals surface area contributed by atoms with Crippen LogP contribution in [0.3, 0.4) is 0 Å². The molecule has 2 aliphatic heterocycles. The van der Waals surface area contributed by atoms with Gasteiger partial charge in [-0.05, 0) is 49.6 Å². The van der Waals surface area contributed by atoms with E-state index >= 15 is 4.39 Å². The number of anilines is 1. The van der Waals surface area contributed by atoms with Gasteiger partial charge >= 0.3 is 0 Å². The second kappa shape index (κ2) is 13.5. The molecule has 0 saturated carbocycles. The van der Waals surface area contributed by atoms with E-state index in [0.29, 0.717) is 79.5 Å². The summed E-state index contributed by atoms with van der Waals surface area (Å²) in [5, 5.41) is 8.32. The van der Waals surface area contributed by atoms with Crippen LogP contribution in [-0.2, 0) is 11.3 Å². The number of piperazine rings is 1. The second-order valence-corrected chi connectivity index (χ2v) is 12.4. The van der Waals surface area contributed by atoms with Gasteiger partial charge in [-0.1, -0.05) is 29.5 Å². The summed E-state index contributed by atoms with van der Waals surface area (Å²) in [5.41, 5.74) is 4.05. The first-order valence-corrected chi connectivity index (χ1v) is 16.5. The van der Waals surface area contributed by atoms with Crippen molar-refractivity contribution in [2.45, 2.75) is 33.2 Å². The Morgan fingerprint density at radius 2 is 1.78 bits per heavy atom. The highest BCUT2D eigenvalue weighted by atomic mass is 19.1. The summed E-state index contributed by atoms with van der Waals surface area (Å²) in [7, 11) is 1.60. The van der Waals surface area contributed by atoms with E-state index in [1.165, 1.54) is 0 Å². The van der Waals surface area contributed by atoms with Crippen LogP contribution < -0.4 is 9.64 Å². The summed E-state index contributed by atoms with van der Waals surface area (Å²) < 4.78 is 24.0. The van der Waals surface area contributed by atoms with Crippen molar-refractivity contribution in [1.82, 2.24) is 39.7 Å². The van der Waals surface area contributed by atoms with Gasteiger partial charge in [0, 0.05) is 80.2 Å². The number of aryl methyl sites for hydroxylation is 3. The molecule has 252 valence electrons. The molecule has 12 nitrogen and oxygen atoms in total. The van der Waals surface area contributed by atoms with Gasteiger partial charge in [-0.3, -0.25) is 14.3 Å². The molecule has 3 aromatic heterocycles. The molecule has 0 spiro atoms. The number of halogens is 1. The Labute approximate surface area is 283 Å². The maximum atomic E-state index is 16.6. The number of H-pyrrole nitrogens is 1. The first kappa shape index (κ1) is 32.0. The number of hydrogen-bond donors (Lipinski definition) is 1. The van der Waals surface area contributed by atoms with Gasteiger partial charge in [0.1, 0.15) is 23.1 Å². The van der Waals surface area contributed by atoms with Crippen molar-refractivity contribution in [3.05, 3.63) is 89.5 Å². The molecule has 5 aromatic rings. The molecule has 0 aliphatic carbocycles. The van der Waals surface area contributed by atoms with Crippen LogP contribution in [-0.4, -0.2) is 97.9 Å². The lowest BCUT2D eigenvalue weighted by Gasteiger charge is -2.35. The number of hydrogen-bond acceptors (Lipinski definition) is 8. The molecule has 1 N–H and O–H groups in total. The van der Waals surface area contributed by atoms with Crippen molar-refractivity contribution in [2.75, 3.05) is 51.3 Å². The quantitative estimate of drug-likeness (QED) is 0.255. The van der Waals surface area contributed by atoms with E-state index in [9.17, 15) is 9.59 Å². The number of methoxy groups -OCH3 is 1. The fourth-order valence-electron chi connectivity index (χ4n) is 6.74. The van der Waals surface area contributed by atoms with E-state index < -0.39 is 5.82 Å². The number of para-hydroxylation sites is 1. The molecule has 5 heterocycles. The molecular formula is C36H38FN9O3. The normalized spacial score (nSPS) is 15.1. The monoisotopic (exact) mass is 663 g/mol. The van der Waals surface area contributed by atoms with Gasteiger partial charge in [-0.25, -0.2) is 14.4 Å². The lowest BCUT2D eigenvalue weighted by molar-refractivity contribution is -0.131. The Kier molecular flexibility index (Phi) is 8.81. The molecule has 1 fully saturated rings. The lowest BCUT2D eigenvalue weighted by atomic mass is 9.93. The Hall–Kier alpha value is -5.59. The van der Waals surface area contributed by atoms with E-state index in [1.807, 2.05) is 56.3 Å². The van der Waals surface area contributed by atoms with Gasteiger partial charge in [-0.15, -0.1) is 5.10 Å². The van der Waals surface area contributed by atoms with Crippen molar-refractivity contribution < 1.29 is 18.7 Å². The minimum atomic E-state index is -0.463. The Morgan fingerprint density at radius 1 is 0.959 bits per heavy atom. The number of carbonyl (C=O) groups excluding carboxylic acids is 2. The summed E-state index contributed by atoms with van der Waals surface area (Å²) in [6, 6.07) is 13.1. The van der Waals surface area contributed by atoms with Crippen LogP contribution >= 0.6 is 0 Å². The third-order valence-corrected chi connectivity index (χ3v) is 9.20. The maximum Gasteiger partial charge on any atom is 0.270 e. The first-order valence-electron chi connectivity index (χ1n) is 16.5. The van der Waals surface area contributed by atoms with Crippen molar-refractivity contribution in [2.24, 2.45) is 0 Å². The molecule has 1 saturated heterocycles. The topological polar surface area (TPSA) is 125 Å². The predicted octanol–water partition coefficient (Wildman–Crippen LogP) is 4.65. The zero-order valence-electron chi connectivity index (χ0n) is 27.8. The number of aromatic amines is 1. The maximum absolute atomic E-state index is 16.6. The van der Waals surface area contributed by atoms with Crippen molar-refractivity contribution >= 4 is 34.1 Å². The SMILES string of the molecule is COc1ccccc1-c1cc(C2=CCCN(C(=O)CCn3ccnn3)C2)c(F)c2[nH]c(C(=O)N3CCN(c4cc(C)nc(C)n4)CC3)cc12. The molecule has 2 amide bonds. The Bertz CT molecular complexity index is 2030. The number of carbonyl (C=O) groups is 2. The first-order chi connectivity index (χ1) is 23.8. The van der Waals surface area contributed by atoms with E-state index in [0.717, 1.165) is 22.6 Å². The van der Waals surface area contributed by atoms with E-state index in [4.69, 9.17) is 4.74 Å². The number of rotatable bonds is 8. The van der Waals surface area contributed by atoms with Gasteiger partial charge in [0.15, 0.2) is 5.82 Å². The number of aromatic nitrogens is 6. The smallest absolute Gasteiger partial charge is 0.270 e. The summed E-state index contributed by atoms with van der Waals surface area (Å²) >= 11 is 0. The van der Waals surface area contributed by atoms with Crippen molar-refractivity contribution in [3.63, 3.8) is 0 Å². The van der Waals surface area contributed by atoms with Crippen LogP contribution in [0.4, 0.5) is 10.2 Å². The third-order valence-electron chi connectivity index (χ3n) is 9.20. The van der Waals surface area contributed by atoms with E-state index in [-0.39, 0.29) is 30.3 Å². The van der Waals surface area contributed by atoms with Gasteiger partial charge in [-0.2, -0.15) is 0 Å². The number of amides is 2. The molecule has 2 aromatic carbocycles. The summed E-state index contributed by atoms with van der Waals surface area (Å²) in [6.07, 6.45) is 6.15. The molecule has 0 bridgehead atoms. The molecule has 2 aliphatic rings. The fraction of sp³-hybridized carbons (Fsp3) is 0.333. The lowest BCUT2D eigenvalue weighted by Crippen LogP contribution is -2.49. The van der Waals surface area contributed by atoms with E-state index in [2.05, 4.69) is 30.2 Å². The minimum absolute atomic E-state index is 0.0367. The summed E-state index contributed by atoms with van der Waals surface area (Å²) in [6.45, 7) is 7.29. The molecule has 0 unspecified atom stereocenters. The molecule has 0 radical (unpaired) electrons. The van der Waals surface area contributed by atoms with Gasteiger partial charge in [0.25, 0.3) is 5.91 Å². The average Bonchev–Trinajstić information content (AvgIpc) is 3.82. The Balaban J connectivity index is 1.19. The highest BCUT2D eigenvalue weighted by molar-refractivity contribution is 6.05. The zero-order valence-corrected chi connectivity index (χ0v) is 27.8. The Morgan fingerprint density at radius 3 is 2.53 bits per heavy atom. The van der Waals surface area contributed by atoms with Crippen molar-refractivity contribution in [1.29, 1.82) is 0 Å². The number of nitrogens with zero attached hydrogens (tertiary/aromatic N) is 8. The van der Waals surface area contributed by atoms with Crippen LogP contribution in [0.15, 0.2) is 60.9 Å². The van der Waals surface area contributed by atoms with Gasteiger partial charge in [0.05, 0.1) is 25.4 Å². The number of benzene rings is 2. The van der Waals surface area contributed by atoms with Gasteiger partial charge < -0.3 is 24.4 Å². The number of nitrogens with one attached hydrogen (secondary N) is 1. The molecular weight excluding hydrogens is 625 g/mol.